The van der Waals surface area contributed by atoms with Crippen LogP contribution in [0.15, 0.2) is 11.4 Å². The lowest BCUT2D eigenvalue weighted by molar-refractivity contribution is 0.0874. The Balaban J connectivity index is 2.08. The van der Waals surface area contributed by atoms with E-state index in [2.05, 4.69) is 12.2 Å². The highest BCUT2D eigenvalue weighted by Gasteiger charge is 2.35. The zero-order valence-corrected chi connectivity index (χ0v) is 12.9. The molecule has 1 heterocycles. The van der Waals surface area contributed by atoms with Crippen LogP contribution in [0.2, 0.25) is 0 Å². The van der Waals surface area contributed by atoms with Crippen molar-refractivity contribution in [2.24, 2.45) is 5.92 Å². The van der Waals surface area contributed by atoms with Crippen molar-refractivity contribution in [1.82, 2.24) is 5.32 Å². The Morgan fingerprint density at radius 3 is 2.84 bits per heavy atom. The molecule has 0 radical (unpaired) electrons. The van der Waals surface area contributed by atoms with Crippen LogP contribution >= 0.6 is 22.9 Å². The first-order valence-electron chi connectivity index (χ1n) is 6.60. The van der Waals surface area contributed by atoms with Gasteiger partial charge in [-0.1, -0.05) is 6.92 Å². The average molecular weight is 302 g/mol. The van der Waals surface area contributed by atoms with Crippen molar-refractivity contribution in [1.29, 1.82) is 0 Å². The van der Waals surface area contributed by atoms with Gasteiger partial charge in [0.1, 0.15) is 10.6 Å². The number of nitrogens with one attached hydrogen (secondary N) is 1. The molecule has 1 aromatic heterocycles. The number of carbonyl (C=O) groups excluding carboxylic acids is 1. The largest absolute Gasteiger partial charge is 0.495 e. The summed E-state index contributed by atoms with van der Waals surface area (Å²) in [6.45, 7) is 2.25. The lowest BCUT2D eigenvalue weighted by atomic mass is 9.78. The van der Waals surface area contributed by atoms with E-state index < -0.39 is 0 Å². The van der Waals surface area contributed by atoms with Gasteiger partial charge in [-0.15, -0.1) is 22.9 Å². The molecule has 1 N–H and O–H groups in total. The SMILES string of the molecule is COc1ccsc1C(=O)NC1(CCl)CCC(C)CC1. The van der Waals surface area contributed by atoms with Crippen LogP contribution < -0.4 is 10.1 Å². The molecule has 1 fully saturated rings. The van der Waals surface area contributed by atoms with Crippen molar-refractivity contribution in [2.45, 2.75) is 38.1 Å². The van der Waals surface area contributed by atoms with Crippen molar-refractivity contribution in [3.63, 3.8) is 0 Å². The lowest BCUT2D eigenvalue weighted by Gasteiger charge is -2.38. The van der Waals surface area contributed by atoms with Crippen molar-refractivity contribution >= 4 is 28.8 Å². The number of hydrogen-bond donors (Lipinski definition) is 1. The Bertz CT molecular complexity index is 438. The number of methoxy groups -OCH3 is 1. The quantitative estimate of drug-likeness (QED) is 0.862. The Morgan fingerprint density at radius 1 is 1.58 bits per heavy atom. The van der Waals surface area contributed by atoms with Gasteiger partial charge in [-0.3, -0.25) is 4.79 Å². The molecule has 0 aliphatic heterocycles. The Kier molecular flexibility index (Phi) is 4.74. The second-order valence-corrected chi connectivity index (χ2v) is 6.55. The minimum absolute atomic E-state index is 0.0675. The van der Waals surface area contributed by atoms with E-state index in [1.807, 2.05) is 11.4 Å². The van der Waals surface area contributed by atoms with Gasteiger partial charge in [-0.2, -0.15) is 0 Å². The highest BCUT2D eigenvalue weighted by molar-refractivity contribution is 7.12. The van der Waals surface area contributed by atoms with E-state index in [0.717, 1.165) is 31.6 Å². The van der Waals surface area contributed by atoms with Gasteiger partial charge in [0.15, 0.2) is 0 Å². The van der Waals surface area contributed by atoms with Crippen molar-refractivity contribution in [3.8, 4) is 5.75 Å². The molecule has 0 saturated heterocycles. The maximum atomic E-state index is 12.4. The van der Waals surface area contributed by atoms with Crippen LogP contribution in [0.1, 0.15) is 42.3 Å². The minimum Gasteiger partial charge on any atom is -0.495 e. The van der Waals surface area contributed by atoms with E-state index in [0.29, 0.717) is 16.5 Å². The molecular weight excluding hydrogens is 282 g/mol. The smallest absolute Gasteiger partial charge is 0.265 e. The fourth-order valence-electron chi connectivity index (χ4n) is 2.53. The molecule has 19 heavy (non-hydrogen) atoms. The normalized spacial score (nSPS) is 27.0. The second-order valence-electron chi connectivity index (χ2n) is 5.37. The molecular formula is C14H20ClNO2S. The summed E-state index contributed by atoms with van der Waals surface area (Å²) in [7, 11) is 1.58. The van der Waals surface area contributed by atoms with E-state index in [9.17, 15) is 4.79 Å². The van der Waals surface area contributed by atoms with Crippen LogP contribution in [0, 0.1) is 5.92 Å². The van der Waals surface area contributed by atoms with Gasteiger partial charge in [0.05, 0.1) is 12.6 Å². The summed E-state index contributed by atoms with van der Waals surface area (Å²) in [5, 5.41) is 5.00. The van der Waals surface area contributed by atoms with Crippen LogP contribution in [0.5, 0.6) is 5.75 Å². The zero-order valence-electron chi connectivity index (χ0n) is 11.4. The van der Waals surface area contributed by atoms with Crippen LogP contribution in [0.4, 0.5) is 0 Å². The predicted octanol–water partition coefficient (Wildman–Crippen LogP) is 3.67. The summed E-state index contributed by atoms with van der Waals surface area (Å²) in [4.78, 5) is 13.0. The molecule has 1 aromatic rings. The zero-order chi connectivity index (χ0) is 13.9. The summed E-state index contributed by atoms with van der Waals surface area (Å²) in [5.41, 5.74) is -0.250. The first-order valence-corrected chi connectivity index (χ1v) is 8.01. The van der Waals surface area contributed by atoms with Gasteiger partial charge >= 0.3 is 0 Å². The topological polar surface area (TPSA) is 38.3 Å². The molecule has 1 aliphatic carbocycles. The Morgan fingerprint density at radius 2 is 2.26 bits per heavy atom. The number of thiophene rings is 1. The van der Waals surface area contributed by atoms with Crippen LogP contribution in [0.25, 0.3) is 0 Å². The van der Waals surface area contributed by atoms with E-state index in [-0.39, 0.29) is 11.4 Å². The predicted molar refractivity (Wildman–Crippen MR) is 79.4 cm³/mol. The fraction of sp³-hybridized carbons (Fsp3) is 0.643. The highest BCUT2D eigenvalue weighted by atomic mass is 35.5. The summed E-state index contributed by atoms with van der Waals surface area (Å²) >= 11 is 7.52. The van der Waals surface area contributed by atoms with Gasteiger partial charge in [0.2, 0.25) is 0 Å². The molecule has 0 atom stereocenters. The van der Waals surface area contributed by atoms with Crippen LogP contribution in [0.3, 0.4) is 0 Å². The van der Waals surface area contributed by atoms with E-state index in [4.69, 9.17) is 16.3 Å². The van der Waals surface area contributed by atoms with E-state index >= 15 is 0 Å². The third-order valence-electron chi connectivity index (χ3n) is 3.92. The maximum Gasteiger partial charge on any atom is 0.265 e. The molecule has 0 spiro atoms. The first-order chi connectivity index (χ1) is 9.10. The molecule has 106 valence electrons. The highest BCUT2D eigenvalue weighted by Crippen LogP contribution is 2.34. The number of rotatable bonds is 4. The maximum absolute atomic E-state index is 12.4. The summed E-state index contributed by atoms with van der Waals surface area (Å²) in [6.07, 6.45) is 4.15. The van der Waals surface area contributed by atoms with Crippen LogP contribution in [-0.4, -0.2) is 24.4 Å². The second kappa shape index (κ2) is 6.14. The number of carbonyl (C=O) groups is 1. The van der Waals surface area contributed by atoms with Gasteiger partial charge < -0.3 is 10.1 Å². The third kappa shape index (κ3) is 3.23. The monoisotopic (exact) mass is 301 g/mol. The molecule has 0 aromatic carbocycles. The summed E-state index contributed by atoms with van der Waals surface area (Å²) in [6, 6.07) is 1.82. The Hall–Kier alpha value is -0.740. The molecule has 1 aliphatic rings. The Labute approximate surface area is 123 Å². The number of halogens is 1. The molecule has 5 heteroatoms. The number of hydrogen-bond acceptors (Lipinski definition) is 3. The van der Waals surface area contributed by atoms with Gasteiger partial charge in [-0.05, 0) is 43.0 Å². The van der Waals surface area contributed by atoms with Gasteiger partial charge in [-0.25, -0.2) is 0 Å². The lowest BCUT2D eigenvalue weighted by Crippen LogP contribution is -2.52. The minimum atomic E-state index is -0.250. The molecule has 3 nitrogen and oxygen atoms in total. The van der Waals surface area contributed by atoms with E-state index in [1.54, 1.807) is 7.11 Å². The third-order valence-corrected chi connectivity index (χ3v) is 5.33. The molecule has 1 saturated carbocycles. The van der Waals surface area contributed by atoms with Gasteiger partial charge in [0.25, 0.3) is 5.91 Å². The standard InChI is InChI=1S/C14H20ClNO2S/c1-10-3-6-14(9-15,7-4-10)16-13(17)12-11(18-2)5-8-19-12/h5,8,10H,3-4,6-7,9H2,1-2H3,(H,16,17). The van der Waals surface area contributed by atoms with Crippen LogP contribution in [-0.2, 0) is 0 Å². The van der Waals surface area contributed by atoms with Gasteiger partial charge in [0, 0.05) is 5.88 Å². The summed E-state index contributed by atoms with van der Waals surface area (Å²) < 4.78 is 5.20. The average Bonchev–Trinajstić information content (AvgIpc) is 2.90. The first kappa shape index (κ1) is 14.7. The molecule has 2 rings (SSSR count). The molecule has 0 unspecified atom stereocenters. The van der Waals surface area contributed by atoms with Crippen molar-refractivity contribution in [3.05, 3.63) is 16.3 Å². The number of alkyl halides is 1. The van der Waals surface area contributed by atoms with E-state index in [1.165, 1.54) is 11.3 Å². The number of ether oxygens (including phenoxy) is 1. The number of amides is 1. The summed E-state index contributed by atoms with van der Waals surface area (Å²) in [5.74, 6) is 1.77. The molecule has 0 bridgehead atoms. The van der Waals surface area contributed by atoms with Crippen molar-refractivity contribution in [2.75, 3.05) is 13.0 Å². The molecule has 1 amide bonds. The van der Waals surface area contributed by atoms with Crippen molar-refractivity contribution < 1.29 is 9.53 Å². The fourth-order valence-corrected chi connectivity index (χ4v) is 3.62.